The summed E-state index contributed by atoms with van der Waals surface area (Å²) in [5.74, 6) is -0.0992. The van der Waals surface area contributed by atoms with Gasteiger partial charge in [-0.1, -0.05) is 12.1 Å². The van der Waals surface area contributed by atoms with Crippen LogP contribution in [0.1, 0.15) is 26.3 Å². The Kier molecular flexibility index (Phi) is 5.16. The van der Waals surface area contributed by atoms with Crippen LogP contribution in [0, 0.1) is 0 Å². The fourth-order valence-electron chi connectivity index (χ4n) is 1.87. The Bertz CT molecular complexity index is 712. The number of carbonyl (C=O) groups excluding carboxylic acids is 1. The molecule has 2 aromatic rings. The molecule has 114 valence electrons. The van der Waals surface area contributed by atoms with Gasteiger partial charge in [-0.05, 0) is 45.8 Å². The van der Waals surface area contributed by atoms with Gasteiger partial charge in [0.05, 0.1) is 12.7 Å². The Balaban J connectivity index is 2.21. The molecule has 0 spiro atoms. The van der Waals surface area contributed by atoms with Crippen LogP contribution in [0.15, 0.2) is 40.9 Å². The number of halogens is 1. The minimum atomic E-state index is -0.988. The molecule has 0 aliphatic carbocycles. The second-order valence-corrected chi connectivity index (χ2v) is 5.29. The molecule has 0 fully saturated rings. The van der Waals surface area contributed by atoms with Gasteiger partial charge in [0.1, 0.15) is 6.61 Å². The maximum Gasteiger partial charge on any atom is 0.335 e. The van der Waals surface area contributed by atoms with Crippen LogP contribution in [0.4, 0.5) is 0 Å². The smallest absolute Gasteiger partial charge is 0.335 e. The zero-order valence-corrected chi connectivity index (χ0v) is 13.3. The normalized spacial score (nSPS) is 10.1. The molecule has 0 radical (unpaired) electrons. The van der Waals surface area contributed by atoms with Gasteiger partial charge in [0, 0.05) is 10.0 Å². The molecule has 0 heterocycles. The van der Waals surface area contributed by atoms with E-state index in [0.29, 0.717) is 27.8 Å². The summed E-state index contributed by atoms with van der Waals surface area (Å²) in [5.41, 5.74) is 1.38. The number of aldehydes is 1. The Hall–Kier alpha value is -2.34. The Morgan fingerprint density at radius 2 is 2.05 bits per heavy atom. The van der Waals surface area contributed by atoms with Crippen LogP contribution in [0.2, 0.25) is 0 Å². The standard InChI is InChI=1S/C16H13BrO5/c1-21-14-6-12(8-18)13(17)7-15(14)22-9-10-3-2-4-11(5-10)16(19)20/h2-8H,9H2,1H3,(H,19,20). The highest BCUT2D eigenvalue weighted by atomic mass is 79.9. The average molecular weight is 365 g/mol. The van der Waals surface area contributed by atoms with Crippen molar-refractivity contribution in [2.75, 3.05) is 7.11 Å². The molecule has 0 saturated carbocycles. The summed E-state index contributed by atoms with van der Waals surface area (Å²) in [6, 6.07) is 9.70. The molecule has 1 N–H and O–H groups in total. The summed E-state index contributed by atoms with van der Waals surface area (Å²) in [5, 5.41) is 8.97. The van der Waals surface area contributed by atoms with Crippen molar-refractivity contribution in [1.82, 2.24) is 0 Å². The Morgan fingerprint density at radius 1 is 1.27 bits per heavy atom. The fraction of sp³-hybridized carbons (Fsp3) is 0.125. The molecule has 2 rings (SSSR count). The number of hydrogen-bond acceptors (Lipinski definition) is 4. The highest BCUT2D eigenvalue weighted by Crippen LogP contribution is 2.33. The van der Waals surface area contributed by atoms with Crippen LogP contribution in [0.25, 0.3) is 0 Å². The van der Waals surface area contributed by atoms with Crippen molar-refractivity contribution in [2.45, 2.75) is 6.61 Å². The number of carboxylic acid groups (broad SMARTS) is 1. The van der Waals surface area contributed by atoms with Crippen molar-refractivity contribution < 1.29 is 24.2 Å². The van der Waals surface area contributed by atoms with Crippen LogP contribution in [0.5, 0.6) is 11.5 Å². The molecule has 0 saturated heterocycles. The SMILES string of the molecule is COc1cc(C=O)c(Br)cc1OCc1cccc(C(=O)O)c1. The third-order valence-electron chi connectivity index (χ3n) is 2.98. The van der Waals surface area contributed by atoms with E-state index in [1.165, 1.54) is 13.2 Å². The monoisotopic (exact) mass is 364 g/mol. The van der Waals surface area contributed by atoms with Gasteiger partial charge in [-0.25, -0.2) is 4.79 Å². The predicted molar refractivity (Wildman–Crippen MR) is 83.8 cm³/mol. The number of hydrogen-bond donors (Lipinski definition) is 1. The molecule has 22 heavy (non-hydrogen) atoms. The van der Waals surface area contributed by atoms with Gasteiger partial charge >= 0.3 is 5.97 Å². The molecular formula is C16H13BrO5. The number of aromatic carboxylic acids is 1. The van der Waals surface area contributed by atoms with E-state index in [4.69, 9.17) is 14.6 Å². The zero-order chi connectivity index (χ0) is 16.1. The summed E-state index contributed by atoms with van der Waals surface area (Å²) in [4.78, 5) is 21.8. The maximum absolute atomic E-state index is 10.9. The number of rotatable bonds is 6. The van der Waals surface area contributed by atoms with E-state index < -0.39 is 5.97 Å². The van der Waals surface area contributed by atoms with E-state index in [2.05, 4.69) is 15.9 Å². The zero-order valence-electron chi connectivity index (χ0n) is 11.7. The summed E-state index contributed by atoms with van der Waals surface area (Å²) in [6.45, 7) is 0.185. The molecule has 0 bridgehead atoms. The highest BCUT2D eigenvalue weighted by molar-refractivity contribution is 9.10. The lowest BCUT2D eigenvalue weighted by atomic mass is 10.1. The number of methoxy groups -OCH3 is 1. The quantitative estimate of drug-likeness (QED) is 0.793. The molecule has 5 nitrogen and oxygen atoms in total. The predicted octanol–water partition coefficient (Wildman–Crippen LogP) is 3.55. The second-order valence-electron chi connectivity index (χ2n) is 4.44. The van der Waals surface area contributed by atoms with Crippen LogP contribution in [-0.4, -0.2) is 24.5 Å². The van der Waals surface area contributed by atoms with E-state index in [1.54, 1.807) is 30.3 Å². The topological polar surface area (TPSA) is 72.8 Å². The average Bonchev–Trinajstić information content (AvgIpc) is 2.53. The van der Waals surface area contributed by atoms with Gasteiger partial charge in [0.2, 0.25) is 0 Å². The molecular weight excluding hydrogens is 352 g/mol. The van der Waals surface area contributed by atoms with Crippen molar-refractivity contribution >= 4 is 28.2 Å². The van der Waals surface area contributed by atoms with Crippen LogP contribution >= 0.6 is 15.9 Å². The lowest BCUT2D eigenvalue weighted by Crippen LogP contribution is -2.01. The molecule has 6 heteroatoms. The first-order valence-electron chi connectivity index (χ1n) is 6.33. The van der Waals surface area contributed by atoms with Gasteiger partial charge in [0.25, 0.3) is 0 Å². The molecule has 0 aliphatic rings. The van der Waals surface area contributed by atoms with Gasteiger partial charge in [-0.3, -0.25) is 4.79 Å². The highest BCUT2D eigenvalue weighted by Gasteiger charge is 2.11. The van der Waals surface area contributed by atoms with Crippen molar-refractivity contribution in [2.24, 2.45) is 0 Å². The first-order chi connectivity index (χ1) is 10.5. The number of benzene rings is 2. The number of carboxylic acids is 1. The largest absolute Gasteiger partial charge is 0.493 e. The van der Waals surface area contributed by atoms with Crippen LogP contribution in [-0.2, 0) is 6.61 Å². The second kappa shape index (κ2) is 7.09. The van der Waals surface area contributed by atoms with Gasteiger partial charge in [-0.15, -0.1) is 0 Å². The summed E-state index contributed by atoms with van der Waals surface area (Å²) < 4.78 is 11.5. The molecule has 0 aromatic heterocycles. The minimum Gasteiger partial charge on any atom is -0.493 e. The molecule has 0 unspecified atom stereocenters. The first-order valence-corrected chi connectivity index (χ1v) is 7.12. The van der Waals surface area contributed by atoms with E-state index in [0.717, 1.165) is 5.56 Å². The Labute approximate surface area is 135 Å². The van der Waals surface area contributed by atoms with E-state index in [-0.39, 0.29) is 12.2 Å². The molecule has 0 amide bonds. The summed E-state index contributed by atoms with van der Waals surface area (Å²) >= 11 is 3.28. The van der Waals surface area contributed by atoms with Crippen molar-refractivity contribution in [3.8, 4) is 11.5 Å². The maximum atomic E-state index is 10.9. The molecule has 0 atom stereocenters. The van der Waals surface area contributed by atoms with E-state index in [1.807, 2.05) is 0 Å². The van der Waals surface area contributed by atoms with E-state index in [9.17, 15) is 9.59 Å². The van der Waals surface area contributed by atoms with E-state index >= 15 is 0 Å². The number of ether oxygens (including phenoxy) is 2. The van der Waals surface area contributed by atoms with Crippen molar-refractivity contribution in [3.63, 3.8) is 0 Å². The van der Waals surface area contributed by atoms with Crippen LogP contribution in [0.3, 0.4) is 0 Å². The summed E-state index contributed by atoms with van der Waals surface area (Å²) in [7, 11) is 1.48. The third-order valence-corrected chi connectivity index (χ3v) is 3.66. The van der Waals surface area contributed by atoms with Gasteiger partial charge in [0.15, 0.2) is 17.8 Å². The molecule has 2 aromatic carbocycles. The molecule has 0 aliphatic heterocycles. The Morgan fingerprint density at radius 3 is 2.68 bits per heavy atom. The van der Waals surface area contributed by atoms with Gasteiger partial charge < -0.3 is 14.6 Å². The summed E-state index contributed by atoms with van der Waals surface area (Å²) in [6.07, 6.45) is 0.715. The van der Waals surface area contributed by atoms with Crippen LogP contribution < -0.4 is 9.47 Å². The minimum absolute atomic E-state index is 0.185. The van der Waals surface area contributed by atoms with Crippen molar-refractivity contribution in [1.29, 1.82) is 0 Å². The lowest BCUT2D eigenvalue weighted by Gasteiger charge is -2.12. The number of carbonyl (C=O) groups is 2. The van der Waals surface area contributed by atoms with Crippen molar-refractivity contribution in [3.05, 3.63) is 57.6 Å². The first kappa shape index (κ1) is 16.0. The van der Waals surface area contributed by atoms with Gasteiger partial charge in [-0.2, -0.15) is 0 Å². The third kappa shape index (κ3) is 3.65. The lowest BCUT2D eigenvalue weighted by molar-refractivity contribution is 0.0696. The fourth-order valence-corrected chi connectivity index (χ4v) is 2.28.